The largest absolute Gasteiger partial charge is 0.481 e. The van der Waals surface area contributed by atoms with Gasteiger partial charge in [0.25, 0.3) is 5.91 Å². The van der Waals surface area contributed by atoms with Crippen molar-refractivity contribution in [3.63, 3.8) is 0 Å². The van der Waals surface area contributed by atoms with Crippen LogP contribution in [0.4, 0.5) is 0 Å². The summed E-state index contributed by atoms with van der Waals surface area (Å²) in [6, 6.07) is 13.6. The molecule has 0 aliphatic rings. The van der Waals surface area contributed by atoms with Crippen LogP contribution in [0.1, 0.15) is 59.6 Å². The van der Waals surface area contributed by atoms with E-state index in [1.54, 1.807) is 55.5 Å². The van der Waals surface area contributed by atoms with Crippen molar-refractivity contribution in [2.24, 2.45) is 0 Å². The maximum Gasteiger partial charge on any atom is 0.342 e. The van der Waals surface area contributed by atoms with E-state index < -0.39 is 46.2 Å². The molecular weight excluding hydrogens is 718 g/mol. The Morgan fingerprint density at radius 2 is 1.46 bits per heavy atom. The molecule has 2 unspecified atom stereocenters. The number of carboxylic acids is 2. The molecule has 0 bridgehead atoms. The molecule has 0 spiro atoms. The Bertz CT molecular complexity index is 1910. The summed E-state index contributed by atoms with van der Waals surface area (Å²) in [6.45, 7) is 2.00. The number of amides is 1. The fourth-order valence-electron chi connectivity index (χ4n) is 5.24. The minimum atomic E-state index is -4.19. The van der Waals surface area contributed by atoms with E-state index >= 15 is 0 Å². The fourth-order valence-corrected chi connectivity index (χ4v) is 7.64. The number of rotatable bonds is 21. The molecule has 3 aromatic rings. The molecule has 1 heterocycles. The molecule has 0 aliphatic carbocycles. The molecule has 0 fully saturated rings. The summed E-state index contributed by atoms with van der Waals surface area (Å²) in [5, 5.41) is 22.4. The van der Waals surface area contributed by atoms with Crippen molar-refractivity contribution >= 4 is 50.1 Å². The van der Waals surface area contributed by atoms with Gasteiger partial charge in [-0.15, -0.1) is 0 Å². The molecule has 5 N–H and O–H groups in total. The van der Waals surface area contributed by atoms with Gasteiger partial charge in [-0.2, -0.15) is 0 Å². The van der Waals surface area contributed by atoms with E-state index in [9.17, 15) is 43.2 Å². The summed E-state index contributed by atoms with van der Waals surface area (Å²) in [6.07, 6.45) is -0.332. The average molecular weight is 761 g/mol. The molecule has 3 rings (SSSR count). The summed E-state index contributed by atoms with van der Waals surface area (Å²) < 4.78 is 35.0. The third-order valence-corrected chi connectivity index (χ3v) is 10.0. The van der Waals surface area contributed by atoms with Crippen LogP contribution in [0.2, 0.25) is 0 Å². The summed E-state index contributed by atoms with van der Waals surface area (Å²) in [5.41, 5.74) is 1.87. The van der Waals surface area contributed by atoms with Gasteiger partial charge < -0.3 is 39.2 Å². The van der Waals surface area contributed by atoms with Crippen LogP contribution in [0.15, 0.2) is 48.5 Å². The van der Waals surface area contributed by atoms with Crippen LogP contribution in [-0.2, 0) is 45.7 Å². The molecule has 0 saturated carbocycles. The highest BCUT2D eigenvalue weighted by molar-refractivity contribution is 7.53. The van der Waals surface area contributed by atoms with E-state index in [1.165, 1.54) is 16.7 Å². The van der Waals surface area contributed by atoms with Gasteiger partial charge in [0, 0.05) is 42.7 Å². The minimum Gasteiger partial charge on any atom is -0.481 e. The standard InChI is InChI=1S/C34H42N4O12P2/c1-3-49-51(45,46)23-37(16-17-39)20-27-18-25(19-28(36-27)21-38(22-33(42)43)24-52(47,48)50-4-2)11-12-26-13-14-31(30-9-6-5-8-29(26)30)34(44)35-15-7-10-32(40)41/h5-6,8-9,13-14,17-19H,3-4,7,10,15-16,20-24H2,1-2H3,(H,35,44)(H,40,41)(H,42,43)(H,45,46)(H,47,48). The molecule has 2 aromatic carbocycles. The van der Waals surface area contributed by atoms with Crippen LogP contribution in [-0.4, -0.2) is 104 Å². The Hall–Kier alpha value is -4.29. The van der Waals surface area contributed by atoms with Gasteiger partial charge >= 0.3 is 27.1 Å². The summed E-state index contributed by atoms with van der Waals surface area (Å²) in [7, 11) is -8.29. The number of nitrogens with one attached hydrogen (secondary N) is 1. The normalized spacial score (nSPS) is 13.6. The maximum absolute atomic E-state index is 13.0. The number of pyridine rings is 1. The predicted octanol–water partition coefficient (Wildman–Crippen LogP) is 3.48. The number of aldehydes is 1. The van der Waals surface area contributed by atoms with Crippen LogP contribution in [0, 0.1) is 11.8 Å². The van der Waals surface area contributed by atoms with Crippen LogP contribution in [0.5, 0.6) is 0 Å². The second-order valence-electron chi connectivity index (χ2n) is 11.5. The molecule has 52 heavy (non-hydrogen) atoms. The van der Waals surface area contributed by atoms with Crippen LogP contribution < -0.4 is 5.32 Å². The molecule has 1 aromatic heterocycles. The van der Waals surface area contributed by atoms with Gasteiger partial charge in [-0.25, -0.2) is 0 Å². The lowest BCUT2D eigenvalue weighted by atomic mass is 9.99. The highest BCUT2D eigenvalue weighted by atomic mass is 31.2. The van der Waals surface area contributed by atoms with Crippen molar-refractivity contribution in [1.82, 2.24) is 20.1 Å². The van der Waals surface area contributed by atoms with E-state index in [-0.39, 0.29) is 63.8 Å². The van der Waals surface area contributed by atoms with E-state index in [0.717, 1.165) is 0 Å². The lowest BCUT2D eigenvalue weighted by Gasteiger charge is -2.24. The Morgan fingerprint density at radius 1 is 0.865 bits per heavy atom. The molecule has 1 amide bonds. The summed E-state index contributed by atoms with van der Waals surface area (Å²) >= 11 is 0. The Balaban J connectivity index is 2.05. The number of carbonyl (C=O) groups excluding carboxylic acids is 2. The number of aliphatic carboxylic acids is 2. The lowest BCUT2D eigenvalue weighted by Crippen LogP contribution is -2.31. The zero-order valence-electron chi connectivity index (χ0n) is 28.8. The van der Waals surface area contributed by atoms with Gasteiger partial charge in [0.05, 0.1) is 37.7 Å². The van der Waals surface area contributed by atoms with Crippen molar-refractivity contribution in [2.75, 3.05) is 45.4 Å². The number of hydrogen-bond acceptors (Lipinski definition) is 11. The zero-order valence-corrected chi connectivity index (χ0v) is 30.6. The van der Waals surface area contributed by atoms with E-state index in [0.29, 0.717) is 39.4 Å². The zero-order chi connectivity index (χ0) is 38.3. The number of benzene rings is 2. The predicted molar refractivity (Wildman–Crippen MR) is 191 cm³/mol. The third-order valence-electron chi connectivity index (χ3n) is 7.18. The van der Waals surface area contributed by atoms with E-state index in [1.807, 2.05) is 0 Å². The highest BCUT2D eigenvalue weighted by Crippen LogP contribution is 2.43. The number of hydrogen-bond donors (Lipinski definition) is 5. The summed E-state index contributed by atoms with van der Waals surface area (Å²) in [5.74, 6) is 3.58. The SMILES string of the molecule is CCOP(=O)(O)CN(CC=O)Cc1cc(C#Cc2ccc(C(=O)NCCCC(=O)O)c3ccccc23)cc(CN(CC(=O)O)CP(=O)(O)OCC)n1. The van der Waals surface area contributed by atoms with Gasteiger partial charge in [0.1, 0.15) is 18.9 Å². The number of fused-ring (bicyclic) bond motifs is 1. The molecular formula is C34H42N4O12P2. The number of nitrogens with zero attached hydrogens (tertiary/aromatic N) is 3. The quantitative estimate of drug-likeness (QED) is 0.0453. The van der Waals surface area contributed by atoms with E-state index in [4.69, 9.17) is 14.2 Å². The second-order valence-corrected chi connectivity index (χ2v) is 15.1. The Morgan fingerprint density at radius 3 is 2.04 bits per heavy atom. The fraction of sp³-hybridized carbons (Fsp3) is 0.382. The monoisotopic (exact) mass is 760 g/mol. The molecule has 0 radical (unpaired) electrons. The molecule has 0 aliphatic heterocycles. The maximum atomic E-state index is 13.0. The molecule has 2 atom stereocenters. The lowest BCUT2D eigenvalue weighted by molar-refractivity contribution is -0.138. The highest BCUT2D eigenvalue weighted by Gasteiger charge is 2.26. The molecule has 16 nitrogen and oxygen atoms in total. The first-order valence-corrected chi connectivity index (χ1v) is 19.7. The topological polar surface area (TPSA) is 233 Å². The van der Waals surface area contributed by atoms with Gasteiger partial charge in [-0.3, -0.25) is 38.3 Å². The second kappa shape index (κ2) is 20.1. The van der Waals surface area contributed by atoms with Crippen molar-refractivity contribution in [1.29, 1.82) is 0 Å². The number of carbonyl (C=O) groups is 4. The Kier molecular flexibility index (Phi) is 16.3. The summed E-state index contributed by atoms with van der Waals surface area (Å²) in [4.78, 5) is 74.5. The molecule has 18 heteroatoms. The average Bonchev–Trinajstić information content (AvgIpc) is 3.04. The van der Waals surface area contributed by atoms with Gasteiger partial charge in [0.15, 0.2) is 0 Å². The van der Waals surface area contributed by atoms with Crippen molar-refractivity contribution < 1.29 is 57.4 Å². The van der Waals surface area contributed by atoms with Crippen molar-refractivity contribution in [3.8, 4) is 11.8 Å². The first kappa shape index (κ1) is 42.1. The van der Waals surface area contributed by atoms with Crippen LogP contribution >= 0.6 is 15.2 Å². The van der Waals surface area contributed by atoms with E-state index in [2.05, 4.69) is 22.1 Å². The van der Waals surface area contributed by atoms with Crippen molar-refractivity contribution in [2.45, 2.75) is 39.8 Å². The van der Waals surface area contributed by atoms with Crippen molar-refractivity contribution in [3.05, 3.63) is 76.6 Å². The smallest absolute Gasteiger partial charge is 0.342 e. The van der Waals surface area contributed by atoms with Gasteiger partial charge in [-0.05, 0) is 55.3 Å². The first-order chi connectivity index (χ1) is 24.6. The van der Waals surface area contributed by atoms with Crippen LogP contribution in [0.3, 0.4) is 0 Å². The number of carboxylic acid groups (broad SMARTS) is 2. The molecule has 280 valence electrons. The molecule has 0 saturated heterocycles. The first-order valence-electron chi connectivity index (χ1n) is 16.2. The van der Waals surface area contributed by atoms with Gasteiger partial charge in [0.2, 0.25) is 0 Å². The minimum absolute atomic E-state index is 0.0286. The van der Waals surface area contributed by atoms with Gasteiger partial charge in [-0.1, -0.05) is 36.1 Å². The van der Waals surface area contributed by atoms with Crippen LogP contribution in [0.25, 0.3) is 10.8 Å². The third kappa shape index (κ3) is 14.0. The number of aromatic nitrogens is 1. The Labute approximate surface area is 300 Å².